The van der Waals surface area contributed by atoms with Crippen LogP contribution in [0.5, 0.6) is 0 Å². The minimum absolute atomic E-state index is 0. The number of thiazole rings is 1. The highest BCUT2D eigenvalue weighted by Gasteiger charge is 2.22. The fourth-order valence-electron chi connectivity index (χ4n) is 3.11. The maximum atomic E-state index is 13.3. The number of carbonyl (C=O) groups excluding carboxylic acids is 1. The Balaban J connectivity index is 0.00000196. The molecule has 0 fully saturated rings. The van der Waals surface area contributed by atoms with Crippen molar-refractivity contribution in [2.24, 2.45) is 5.73 Å². The SMILES string of the molecule is Cc1cc(C(=O)N(CCCN)Cc2ccccc2)c(C)n1-c1nccs1.Cl.Cl. The normalized spacial score (nSPS) is 10.1. The van der Waals surface area contributed by atoms with Crippen molar-refractivity contribution in [3.63, 3.8) is 0 Å². The van der Waals surface area contributed by atoms with E-state index in [0.717, 1.165) is 34.1 Å². The van der Waals surface area contributed by atoms with E-state index >= 15 is 0 Å². The Hall–Kier alpha value is -1.86. The standard InChI is InChI=1S/C20H24N4OS.2ClH/c1-15-13-18(16(2)24(15)20-22-10-12-26-20)19(25)23(11-6-9-21)14-17-7-4-3-5-8-17;;/h3-5,7-8,10,12-13H,6,9,11,14,21H2,1-2H3;2*1H. The van der Waals surface area contributed by atoms with Crippen molar-refractivity contribution in [3.05, 3.63) is 70.5 Å². The lowest BCUT2D eigenvalue weighted by molar-refractivity contribution is 0.0741. The number of amides is 1. The summed E-state index contributed by atoms with van der Waals surface area (Å²) in [7, 11) is 0. The Morgan fingerprint density at radius 2 is 1.93 bits per heavy atom. The van der Waals surface area contributed by atoms with Crippen LogP contribution in [0.2, 0.25) is 0 Å². The van der Waals surface area contributed by atoms with Crippen LogP contribution in [0.15, 0.2) is 48.0 Å². The van der Waals surface area contributed by atoms with Crippen molar-refractivity contribution in [1.82, 2.24) is 14.5 Å². The van der Waals surface area contributed by atoms with Crippen LogP contribution in [0.3, 0.4) is 0 Å². The third-order valence-electron chi connectivity index (χ3n) is 4.41. The fourth-order valence-corrected chi connectivity index (χ4v) is 3.86. The number of carbonyl (C=O) groups is 1. The Bertz CT molecular complexity index is 866. The second kappa shape index (κ2) is 11.2. The summed E-state index contributed by atoms with van der Waals surface area (Å²) in [6, 6.07) is 12.0. The van der Waals surface area contributed by atoms with Crippen molar-refractivity contribution in [3.8, 4) is 5.13 Å². The molecule has 0 saturated carbocycles. The number of nitrogens with two attached hydrogens (primary N) is 1. The molecule has 152 valence electrons. The molecule has 0 aliphatic heterocycles. The number of aryl methyl sites for hydroxylation is 1. The van der Waals surface area contributed by atoms with E-state index in [0.29, 0.717) is 19.6 Å². The highest BCUT2D eigenvalue weighted by molar-refractivity contribution is 7.12. The molecule has 0 unspecified atom stereocenters. The van der Waals surface area contributed by atoms with E-state index in [1.54, 1.807) is 17.5 Å². The Labute approximate surface area is 182 Å². The Morgan fingerprint density at radius 1 is 1.21 bits per heavy atom. The molecule has 1 amide bonds. The quantitative estimate of drug-likeness (QED) is 0.592. The molecular weight excluding hydrogens is 415 g/mol. The summed E-state index contributed by atoms with van der Waals surface area (Å²) < 4.78 is 2.04. The second-order valence-corrected chi connectivity index (χ2v) is 7.16. The van der Waals surface area contributed by atoms with Gasteiger partial charge in [-0.1, -0.05) is 30.3 Å². The highest BCUT2D eigenvalue weighted by Crippen LogP contribution is 2.24. The van der Waals surface area contributed by atoms with Crippen LogP contribution >= 0.6 is 36.2 Å². The maximum absolute atomic E-state index is 13.3. The molecule has 3 aromatic rings. The zero-order chi connectivity index (χ0) is 18.5. The summed E-state index contributed by atoms with van der Waals surface area (Å²) >= 11 is 1.56. The van der Waals surface area contributed by atoms with Gasteiger partial charge in [0.15, 0.2) is 5.13 Å². The van der Waals surface area contributed by atoms with E-state index in [1.807, 2.05) is 65.1 Å². The van der Waals surface area contributed by atoms with Gasteiger partial charge in [-0.25, -0.2) is 4.98 Å². The number of hydrogen-bond donors (Lipinski definition) is 1. The van der Waals surface area contributed by atoms with Gasteiger partial charge < -0.3 is 10.6 Å². The molecule has 2 N–H and O–H groups in total. The number of rotatable bonds is 7. The van der Waals surface area contributed by atoms with E-state index in [9.17, 15) is 4.79 Å². The molecule has 3 rings (SSSR count). The summed E-state index contributed by atoms with van der Waals surface area (Å²) in [5.74, 6) is 0.0400. The Kier molecular flexibility index (Phi) is 9.69. The van der Waals surface area contributed by atoms with Crippen LogP contribution in [-0.2, 0) is 6.54 Å². The lowest BCUT2D eigenvalue weighted by atomic mass is 10.1. The van der Waals surface area contributed by atoms with Crippen LogP contribution in [0.4, 0.5) is 0 Å². The molecule has 0 aliphatic rings. The molecule has 0 saturated heterocycles. The number of aromatic nitrogens is 2. The highest BCUT2D eigenvalue weighted by atomic mass is 35.5. The van der Waals surface area contributed by atoms with Gasteiger partial charge >= 0.3 is 0 Å². The van der Waals surface area contributed by atoms with E-state index in [-0.39, 0.29) is 30.7 Å². The van der Waals surface area contributed by atoms with E-state index in [4.69, 9.17) is 5.73 Å². The third kappa shape index (κ3) is 5.35. The monoisotopic (exact) mass is 440 g/mol. The first kappa shape index (κ1) is 24.2. The topological polar surface area (TPSA) is 64.2 Å². The van der Waals surface area contributed by atoms with Crippen LogP contribution in [-0.4, -0.2) is 33.4 Å². The fraction of sp³-hybridized carbons (Fsp3) is 0.300. The van der Waals surface area contributed by atoms with E-state index in [2.05, 4.69) is 4.98 Å². The summed E-state index contributed by atoms with van der Waals surface area (Å²) in [6.07, 6.45) is 2.56. The van der Waals surface area contributed by atoms with Gasteiger partial charge in [0.25, 0.3) is 5.91 Å². The van der Waals surface area contributed by atoms with Crippen molar-refractivity contribution in [1.29, 1.82) is 0 Å². The van der Waals surface area contributed by atoms with E-state index < -0.39 is 0 Å². The van der Waals surface area contributed by atoms with Gasteiger partial charge in [0.05, 0.1) is 5.56 Å². The predicted octanol–water partition coefficient (Wildman–Crippen LogP) is 4.39. The molecular formula is C20H26Cl2N4OS. The molecule has 8 heteroatoms. The molecule has 0 atom stereocenters. The predicted molar refractivity (Wildman–Crippen MR) is 120 cm³/mol. The van der Waals surface area contributed by atoms with Gasteiger partial charge in [-0.05, 0) is 38.4 Å². The largest absolute Gasteiger partial charge is 0.334 e. The smallest absolute Gasteiger partial charge is 0.255 e. The molecule has 28 heavy (non-hydrogen) atoms. The van der Waals surface area contributed by atoms with Gasteiger partial charge in [-0.3, -0.25) is 9.36 Å². The second-order valence-electron chi connectivity index (χ2n) is 6.29. The average molecular weight is 441 g/mol. The molecule has 2 aromatic heterocycles. The molecule has 0 aliphatic carbocycles. The summed E-state index contributed by atoms with van der Waals surface area (Å²) in [4.78, 5) is 19.5. The molecule has 2 heterocycles. The zero-order valence-corrected chi connectivity index (χ0v) is 18.4. The minimum Gasteiger partial charge on any atom is -0.334 e. The number of benzene rings is 1. The van der Waals surface area contributed by atoms with Crippen LogP contribution in [0, 0.1) is 13.8 Å². The van der Waals surface area contributed by atoms with Crippen molar-refractivity contribution in [2.75, 3.05) is 13.1 Å². The van der Waals surface area contributed by atoms with Gasteiger partial charge in [0.2, 0.25) is 0 Å². The molecule has 0 spiro atoms. The first-order valence-corrected chi connectivity index (χ1v) is 9.62. The van der Waals surface area contributed by atoms with Crippen molar-refractivity contribution >= 4 is 42.1 Å². The molecule has 1 aromatic carbocycles. The van der Waals surface area contributed by atoms with Crippen LogP contribution in [0.25, 0.3) is 5.13 Å². The molecule has 0 radical (unpaired) electrons. The average Bonchev–Trinajstić information content (AvgIpc) is 3.26. The summed E-state index contributed by atoms with van der Waals surface area (Å²) in [5.41, 5.74) is 9.46. The van der Waals surface area contributed by atoms with E-state index in [1.165, 1.54) is 0 Å². The van der Waals surface area contributed by atoms with Gasteiger partial charge in [-0.15, -0.1) is 36.2 Å². The Morgan fingerprint density at radius 3 is 2.54 bits per heavy atom. The molecule has 5 nitrogen and oxygen atoms in total. The van der Waals surface area contributed by atoms with Gasteiger partial charge in [0.1, 0.15) is 0 Å². The van der Waals surface area contributed by atoms with Gasteiger partial charge in [0, 0.05) is 36.1 Å². The first-order chi connectivity index (χ1) is 12.6. The van der Waals surface area contributed by atoms with Crippen molar-refractivity contribution < 1.29 is 4.79 Å². The number of hydrogen-bond acceptors (Lipinski definition) is 4. The minimum atomic E-state index is 0. The van der Waals surface area contributed by atoms with Crippen LogP contribution in [0.1, 0.15) is 33.7 Å². The number of halogens is 2. The number of nitrogens with zero attached hydrogens (tertiary/aromatic N) is 3. The maximum Gasteiger partial charge on any atom is 0.255 e. The van der Waals surface area contributed by atoms with Crippen LogP contribution < -0.4 is 5.73 Å². The lowest BCUT2D eigenvalue weighted by Gasteiger charge is -2.23. The van der Waals surface area contributed by atoms with Crippen molar-refractivity contribution in [2.45, 2.75) is 26.8 Å². The summed E-state index contributed by atoms with van der Waals surface area (Å²) in [5, 5.41) is 2.83. The zero-order valence-electron chi connectivity index (χ0n) is 16.0. The first-order valence-electron chi connectivity index (χ1n) is 8.74. The summed E-state index contributed by atoms with van der Waals surface area (Å²) in [6.45, 7) is 5.78. The third-order valence-corrected chi connectivity index (χ3v) is 5.16. The molecule has 0 bridgehead atoms. The lowest BCUT2D eigenvalue weighted by Crippen LogP contribution is -2.32. The van der Waals surface area contributed by atoms with Gasteiger partial charge in [-0.2, -0.15) is 0 Å².